The van der Waals surface area contributed by atoms with E-state index in [2.05, 4.69) is 51.9 Å². The second kappa shape index (κ2) is 8.19. The van der Waals surface area contributed by atoms with Crippen LogP contribution in [0.5, 0.6) is 0 Å². The molecular weight excluding hydrogens is 310 g/mol. The number of hydrogen-bond acceptors (Lipinski definition) is 2. The van der Waals surface area contributed by atoms with Crippen molar-refractivity contribution in [1.82, 2.24) is 20.4 Å². The second-order valence-corrected chi connectivity index (χ2v) is 6.93. The minimum atomic E-state index is 0.500. The van der Waals surface area contributed by atoms with Crippen LogP contribution in [0.1, 0.15) is 38.2 Å². The topological polar surface area (TPSA) is 54.2 Å². The molecule has 0 unspecified atom stereocenters. The molecule has 1 saturated carbocycles. The molecule has 2 aromatic rings. The average Bonchev–Trinajstić information content (AvgIpc) is 3.15. The molecule has 0 spiro atoms. The Kier molecular flexibility index (Phi) is 5.74. The Morgan fingerprint density at radius 1 is 1.24 bits per heavy atom. The molecule has 1 fully saturated rings. The van der Waals surface area contributed by atoms with Gasteiger partial charge in [-0.2, -0.15) is 5.10 Å². The predicted octanol–water partition coefficient (Wildman–Crippen LogP) is 3.16. The Hall–Kier alpha value is -2.30. The zero-order valence-electron chi connectivity index (χ0n) is 15.3. The van der Waals surface area contributed by atoms with Gasteiger partial charge < -0.3 is 10.6 Å². The van der Waals surface area contributed by atoms with Crippen molar-refractivity contribution < 1.29 is 0 Å². The minimum Gasteiger partial charge on any atom is -0.356 e. The average molecular weight is 339 g/mol. The van der Waals surface area contributed by atoms with Crippen molar-refractivity contribution in [1.29, 1.82) is 0 Å². The van der Waals surface area contributed by atoms with E-state index in [1.807, 2.05) is 24.0 Å². The highest BCUT2D eigenvalue weighted by atomic mass is 15.3. The Bertz CT molecular complexity index is 663. The van der Waals surface area contributed by atoms with Gasteiger partial charge in [-0.3, -0.25) is 4.99 Å². The van der Waals surface area contributed by atoms with Crippen LogP contribution in [0.25, 0.3) is 5.69 Å². The lowest BCUT2D eigenvalue weighted by atomic mass is 9.67. The fraction of sp³-hybridized carbons (Fsp3) is 0.500. The maximum absolute atomic E-state index is 4.35. The molecular formula is C20H29N5. The van der Waals surface area contributed by atoms with Crippen LogP contribution < -0.4 is 10.6 Å². The molecule has 1 aliphatic rings. The van der Waals surface area contributed by atoms with Crippen LogP contribution >= 0.6 is 0 Å². The summed E-state index contributed by atoms with van der Waals surface area (Å²) in [6, 6.07) is 10.5. The van der Waals surface area contributed by atoms with Gasteiger partial charge in [-0.25, -0.2) is 4.68 Å². The zero-order valence-corrected chi connectivity index (χ0v) is 15.3. The summed E-state index contributed by atoms with van der Waals surface area (Å²) in [5.74, 6) is 0.910. The number of rotatable bonds is 7. The molecule has 1 aliphatic carbocycles. The Morgan fingerprint density at radius 2 is 2.04 bits per heavy atom. The molecule has 0 bridgehead atoms. The van der Waals surface area contributed by atoms with Gasteiger partial charge in [0.05, 0.1) is 5.69 Å². The molecule has 0 atom stereocenters. The summed E-state index contributed by atoms with van der Waals surface area (Å²) in [6.45, 7) is 4.20. The largest absolute Gasteiger partial charge is 0.356 e. The first-order valence-corrected chi connectivity index (χ1v) is 9.28. The lowest BCUT2D eigenvalue weighted by Crippen LogP contribution is -2.46. The molecule has 1 aromatic heterocycles. The predicted molar refractivity (Wildman–Crippen MR) is 103 cm³/mol. The van der Waals surface area contributed by atoms with Gasteiger partial charge in [-0.1, -0.05) is 25.5 Å². The highest BCUT2D eigenvalue weighted by Gasteiger charge is 2.34. The van der Waals surface area contributed by atoms with E-state index < -0.39 is 0 Å². The van der Waals surface area contributed by atoms with Crippen molar-refractivity contribution in [2.45, 2.75) is 39.0 Å². The van der Waals surface area contributed by atoms with Crippen molar-refractivity contribution in [2.75, 3.05) is 20.1 Å². The molecule has 25 heavy (non-hydrogen) atoms. The van der Waals surface area contributed by atoms with E-state index in [9.17, 15) is 0 Å². The summed E-state index contributed by atoms with van der Waals surface area (Å²) < 4.78 is 1.87. The SMILES string of the molecule is CCC1(CNC(=NC)NCCc2ccc(-n3cccn3)cc2)CCC1. The van der Waals surface area contributed by atoms with Gasteiger partial charge in [0, 0.05) is 32.5 Å². The number of nitrogens with zero attached hydrogens (tertiary/aromatic N) is 3. The molecule has 5 heteroatoms. The van der Waals surface area contributed by atoms with Crippen LogP contribution in [0.15, 0.2) is 47.7 Å². The van der Waals surface area contributed by atoms with Gasteiger partial charge in [0.15, 0.2) is 5.96 Å². The molecule has 0 radical (unpaired) electrons. The summed E-state index contributed by atoms with van der Waals surface area (Å²) in [5.41, 5.74) is 2.90. The van der Waals surface area contributed by atoms with E-state index in [4.69, 9.17) is 0 Å². The third-order valence-corrected chi connectivity index (χ3v) is 5.43. The number of aliphatic imine (C=N–C) groups is 1. The summed E-state index contributed by atoms with van der Waals surface area (Å²) >= 11 is 0. The van der Waals surface area contributed by atoms with Crippen molar-refractivity contribution in [2.24, 2.45) is 10.4 Å². The zero-order chi connectivity index (χ0) is 17.5. The van der Waals surface area contributed by atoms with E-state index in [-0.39, 0.29) is 0 Å². The standard InChI is InChI=1S/C20H29N5/c1-3-20(11-4-12-20)16-23-19(21-2)22-14-10-17-6-8-18(9-7-17)25-15-5-13-24-25/h5-9,13,15H,3-4,10-12,14,16H2,1-2H3,(H2,21,22,23). The third-order valence-electron chi connectivity index (χ3n) is 5.43. The molecule has 5 nitrogen and oxygen atoms in total. The summed E-state index contributed by atoms with van der Waals surface area (Å²) in [6.07, 6.45) is 10.0. The number of hydrogen-bond donors (Lipinski definition) is 2. The maximum Gasteiger partial charge on any atom is 0.191 e. The van der Waals surface area contributed by atoms with E-state index in [0.717, 1.165) is 31.2 Å². The van der Waals surface area contributed by atoms with E-state index in [1.54, 1.807) is 6.20 Å². The molecule has 2 N–H and O–H groups in total. The van der Waals surface area contributed by atoms with Crippen molar-refractivity contribution in [3.05, 3.63) is 48.3 Å². The molecule has 1 heterocycles. The second-order valence-electron chi connectivity index (χ2n) is 6.93. The number of nitrogens with one attached hydrogen (secondary N) is 2. The Labute approximate surface area is 150 Å². The Balaban J connectivity index is 1.43. The monoisotopic (exact) mass is 339 g/mol. The van der Waals surface area contributed by atoms with Gasteiger partial charge in [0.2, 0.25) is 0 Å². The molecule has 0 saturated heterocycles. The van der Waals surface area contributed by atoms with Crippen LogP contribution in [-0.4, -0.2) is 35.9 Å². The number of benzene rings is 1. The first kappa shape index (κ1) is 17.5. The van der Waals surface area contributed by atoms with Crippen LogP contribution in [0.4, 0.5) is 0 Å². The highest BCUT2D eigenvalue weighted by Crippen LogP contribution is 2.42. The van der Waals surface area contributed by atoms with Gasteiger partial charge in [0.25, 0.3) is 0 Å². The lowest BCUT2D eigenvalue weighted by molar-refractivity contribution is 0.131. The van der Waals surface area contributed by atoms with E-state index >= 15 is 0 Å². The number of guanidine groups is 1. The summed E-state index contributed by atoms with van der Waals surface area (Å²) in [5, 5.41) is 11.2. The smallest absolute Gasteiger partial charge is 0.191 e. The summed E-state index contributed by atoms with van der Waals surface area (Å²) in [7, 11) is 1.84. The first-order chi connectivity index (χ1) is 12.2. The first-order valence-electron chi connectivity index (χ1n) is 9.28. The Morgan fingerprint density at radius 3 is 2.60 bits per heavy atom. The minimum absolute atomic E-state index is 0.500. The van der Waals surface area contributed by atoms with Gasteiger partial charge in [-0.05, 0) is 54.9 Å². The van der Waals surface area contributed by atoms with Gasteiger partial charge in [-0.15, -0.1) is 0 Å². The quantitative estimate of drug-likeness (QED) is 0.602. The van der Waals surface area contributed by atoms with Crippen molar-refractivity contribution in [3.8, 4) is 5.69 Å². The maximum atomic E-state index is 4.35. The fourth-order valence-corrected chi connectivity index (χ4v) is 3.39. The van der Waals surface area contributed by atoms with E-state index in [1.165, 1.54) is 31.2 Å². The van der Waals surface area contributed by atoms with Crippen molar-refractivity contribution in [3.63, 3.8) is 0 Å². The molecule has 134 valence electrons. The fourth-order valence-electron chi connectivity index (χ4n) is 3.39. The molecule has 3 rings (SSSR count). The summed E-state index contributed by atoms with van der Waals surface area (Å²) in [4.78, 5) is 4.35. The van der Waals surface area contributed by atoms with Crippen LogP contribution in [0.3, 0.4) is 0 Å². The third kappa shape index (κ3) is 4.41. The van der Waals surface area contributed by atoms with E-state index in [0.29, 0.717) is 5.41 Å². The number of aromatic nitrogens is 2. The van der Waals surface area contributed by atoms with Gasteiger partial charge >= 0.3 is 0 Å². The lowest BCUT2D eigenvalue weighted by Gasteiger charge is -2.41. The van der Waals surface area contributed by atoms with Crippen LogP contribution in [-0.2, 0) is 6.42 Å². The van der Waals surface area contributed by atoms with Crippen molar-refractivity contribution >= 4 is 5.96 Å². The van der Waals surface area contributed by atoms with Gasteiger partial charge in [0.1, 0.15) is 0 Å². The molecule has 0 aliphatic heterocycles. The van der Waals surface area contributed by atoms with Crippen LogP contribution in [0.2, 0.25) is 0 Å². The normalized spacial score (nSPS) is 16.3. The molecule has 1 aromatic carbocycles. The van der Waals surface area contributed by atoms with Crippen LogP contribution in [0, 0.1) is 5.41 Å². The molecule has 0 amide bonds. The highest BCUT2D eigenvalue weighted by molar-refractivity contribution is 5.79.